The zero-order valence-electron chi connectivity index (χ0n) is 12.2. The van der Waals surface area contributed by atoms with Crippen LogP contribution >= 0.6 is 15.9 Å². The van der Waals surface area contributed by atoms with Gasteiger partial charge in [0.05, 0.1) is 11.1 Å². The number of halogens is 1. The Labute approximate surface area is 140 Å². The number of anilines is 1. The fourth-order valence-electron chi connectivity index (χ4n) is 1.90. The number of aromatic carboxylic acids is 1. The molecule has 0 aliphatic heterocycles. The molecule has 3 N–H and O–H groups in total. The second kappa shape index (κ2) is 7.15. The van der Waals surface area contributed by atoms with Crippen LogP contribution in [-0.4, -0.2) is 28.7 Å². The molecule has 0 spiro atoms. The molecular formula is C16H14BrNO5. The Morgan fingerprint density at radius 1 is 1.22 bits per heavy atom. The second-order valence-electron chi connectivity index (χ2n) is 4.57. The highest BCUT2D eigenvalue weighted by atomic mass is 79.9. The molecule has 1 amide bonds. The lowest BCUT2D eigenvalue weighted by atomic mass is 10.1. The Kier molecular flexibility index (Phi) is 5.23. The summed E-state index contributed by atoms with van der Waals surface area (Å²) in [5, 5.41) is 21.0. The van der Waals surface area contributed by atoms with Crippen LogP contribution in [0.3, 0.4) is 0 Å². The summed E-state index contributed by atoms with van der Waals surface area (Å²) < 4.78 is 6.02. The highest BCUT2D eigenvalue weighted by molar-refractivity contribution is 9.10. The van der Waals surface area contributed by atoms with Crippen LogP contribution in [0.25, 0.3) is 0 Å². The van der Waals surface area contributed by atoms with Gasteiger partial charge < -0.3 is 20.3 Å². The van der Waals surface area contributed by atoms with E-state index in [4.69, 9.17) is 9.84 Å². The molecule has 0 fully saturated rings. The number of carboxylic acids is 1. The largest absolute Gasteiger partial charge is 0.507 e. The summed E-state index contributed by atoms with van der Waals surface area (Å²) in [6.07, 6.45) is 0. The van der Waals surface area contributed by atoms with Crippen LogP contribution in [0.2, 0.25) is 0 Å². The quantitative estimate of drug-likeness (QED) is 0.690. The van der Waals surface area contributed by atoms with Crippen molar-refractivity contribution in [2.75, 3.05) is 11.9 Å². The van der Waals surface area contributed by atoms with E-state index in [1.807, 2.05) is 6.92 Å². The minimum Gasteiger partial charge on any atom is -0.507 e. The number of hydrogen-bond acceptors (Lipinski definition) is 4. The first kappa shape index (κ1) is 16.8. The SMILES string of the molecule is CCOc1ccc(C(=O)Nc2ccc(O)c(C(=O)O)c2)cc1Br. The maximum atomic E-state index is 12.2. The van der Waals surface area contributed by atoms with E-state index in [1.54, 1.807) is 18.2 Å². The van der Waals surface area contributed by atoms with Crippen LogP contribution in [0.4, 0.5) is 5.69 Å². The van der Waals surface area contributed by atoms with E-state index >= 15 is 0 Å². The number of nitrogens with one attached hydrogen (secondary N) is 1. The van der Waals surface area contributed by atoms with Gasteiger partial charge in [0, 0.05) is 11.3 Å². The van der Waals surface area contributed by atoms with Crippen LogP contribution in [0.15, 0.2) is 40.9 Å². The van der Waals surface area contributed by atoms with Crippen molar-refractivity contribution in [1.82, 2.24) is 0 Å². The van der Waals surface area contributed by atoms with Crippen LogP contribution in [-0.2, 0) is 0 Å². The summed E-state index contributed by atoms with van der Waals surface area (Å²) in [6.45, 7) is 2.37. The molecule has 0 aliphatic rings. The third-order valence-electron chi connectivity index (χ3n) is 2.98. The van der Waals surface area contributed by atoms with Crippen molar-refractivity contribution in [2.45, 2.75) is 6.92 Å². The van der Waals surface area contributed by atoms with Crippen molar-refractivity contribution in [3.63, 3.8) is 0 Å². The van der Waals surface area contributed by atoms with Gasteiger partial charge in [0.25, 0.3) is 5.91 Å². The van der Waals surface area contributed by atoms with E-state index in [9.17, 15) is 14.7 Å². The number of phenols is 1. The maximum absolute atomic E-state index is 12.2. The van der Waals surface area contributed by atoms with Crippen molar-refractivity contribution in [3.8, 4) is 11.5 Å². The van der Waals surface area contributed by atoms with Crippen LogP contribution in [0.1, 0.15) is 27.6 Å². The molecule has 2 rings (SSSR count). The molecule has 2 aromatic rings. The minimum atomic E-state index is -1.28. The summed E-state index contributed by atoms with van der Waals surface area (Å²) in [7, 11) is 0. The van der Waals surface area contributed by atoms with Gasteiger partial charge >= 0.3 is 5.97 Å². The van der Waals surface area contributed by atoms with E-state index < -0.39 is 11.9 Å². The highest BCUT2D eigenvalue weighted by Gasteiger charge is 2.13. The zero-order chi connectivity index (χ0) is 17.0. The lowest BCUT2D eigenvalue weighted by Crippen LogP contribution is -2.12. The Hall–Kier alpha value is -2.54. The molecule has 6 nitrogen and oxygen atoms in total. The van der Waals surface area contributed by atoms with E-state index in [1.165, 1.54) is 18.2 Å². The molecule has 0 heterocycles. The van der Waals surface area contributed by atoms with Gasteiger partial charge in [-0.25, -0.2) is 4.79 Å². The normalized spacial score (nSPS) is 10.2. The average Bonchev–Trinajstić information content (AvgIpc) is 2.51. The summed E-state index contributed by atoms with van der Waals surface area (Å²) in [5.74, 6) is -1.42. The van der Waals surface area contributed by atoms with Crippen LogP contribution in [0, 0.1) is 0 Å². The van der Waals surface area contributed by atoms with Gasteiger partial charge in [-0.2, -0.15) is 0 Å². The van der Waals surface area contributed by atoms with E-state index in [-0.39, 0.29) is 17.0 Å². The fraction of sp³-hybridized carbons (Fsp3) is 0.125. The molecule has 0 bridgehead atoms. The summed E-state index contributed by atoms with van der Waals surface area (Å²) in [6, 6.07) is 8.71. The molecule has 0 radical (unpaired) electrons. The number of aromatic hydroxyl groups is 1. The molecule has 0 saturated heterocycles. The van der Waals surface area contributed by atoms with E-state index in [0.717, 1.165) is 0 Å². The lowest BCUT2D eigenvalue weighted by molar-refractivity contribution is 0.0693. The Morgan fingerprint density at radius 3 is 2.57 bits per heavy atom. The van der Waals surface area contributed by atoms with E-state index in [0.29, 0.717) is 22.4 Å². The molecule has 0 aliphatic carbocycles. The third kappa shape index (κ3) is 4.01. The van der Waals surface area contributed by atoms with Crippen molar-refractivity contribution in [3.05, 3.63) is 52.0 Å². The van der Waals surface area contributed by atoms with Crippen LogP contribution < -0.4 is 10.1 Å². The monoisotopic (exact) mass is 379 g/mol. The number of benzene rings is 2. The first-order valence-electron chi connectivity index (χ1n) is 6.72. The Balaban J connectivity index is 2.21. The number of carbonyl (C=O) groups excluding carboxylic acids is 1. The molecule has 120 valence electrons. The predicted octanol–water partition coefficient (Wildman–Crippen LogP) is 3.50. The van der Waals surface area contributed by atoms with Crippen molar-refractivity contribution < 1.29 is 24.5 Å². The summed E-state index contributed by atoms with van der Waals surface area (Å²) in [5.41, 5.74) is 0.371. The van der Waals surface area contributed by atoms with Crippen molar-refractivity contribution in [1.29, 1.82) is 0 Å². The molecule has 2 aromatic carbocycles. The molecule has 0 unspecified atom stereocenters. The average molecular weight is 380 g/mol. The summed E-state index contributed by atoms with van der Waals surface area (Å²) >= 11 is 3.33. The van der Waals surface area contributed by atoms with E-state index in [2.05, 4.69) is 21.2 Å². The molecule has 23 heavy (non-hydrogen) atoms. The number of ether oxygens (including phenoxy) is 1. The van der Waals surface area contributed by atoms with Gasteiger partial charge in [-0.1, -0.05) is 0 Å². The van der Waals surface area contributed by atoms with Gasteiger partial charge in [0.1, 0.15) is 17.1 Å². The third-order valence-corrected chi connectivity index (χ3v) is 3.60. The van der Waals surface area contributed by atoms with Crippen LogP contribution in [0.5, 0.6) is 11.5 Å². The number of amides is 1. The Bertz CT molecular complexity index is 760. The number of carbonyl (C=O) groups is 2. The molecule has 7 heteroatoms. The van der Waals surface area contributed by atoms with Gasteiger partial charge in [-0.05, 0) is 59.3 Å². The van der Waals surface area contributed by atoms with Gasteiger partial charge in [0.2, 0.25) is 0 Å². The standard InChI is InChI=1S/C16H14BrNO5/c1-2-23-14-6-3-9(7-12(14)17)15(20)18-10-4-5-13(19)11(8-10)16(21)22/h3-8,19H,2H2,1H3,(H,18,20)(H,21,22). The zero-order valence-corrected chi connectivity index (χ0v) is 13.8. The predicted molar refractivity (Wildman–Crippen MR) is 88.3 cm³/mol. The molecule has 0 saturated carbocycles. The minimum absolute atomic E-state index is 0.273. The summed E-state index contributed by atoms with van der Waals surface area (Å²) in [4.78, 5) is 23.2. The van der Waals surface area contributed by atoms with Crippen molar-refractivity contribution in [2.24, 2.45) is 0 Å². The first-order valence-corrected chi connectivity index (χ1v) is 7.51. The lowest BCUT2D eigenvalue weighted by Gasteiger charge is -2.09. The van der Waals surface area contributed by atoms with Gasteiger partial charge in [-0.3, -0.25) is 4.79 Å². The molecular weight excluding hydrogens is 366 g/mol. The first-order chi connectivity index (χ1) is 10.9. The number of rotatable bonds is 5. The molecule has 0 aromatic heterocycles. The number of carboxylic acid groups (broad SMARTS) is 1. The van der Waals surface area contributed by atoms with Crippen molar-refractivity contribution >= 4 is 33.5 Å². The number of hydrogen-bond donors (Lipinski definition) is 3. The highest BCUT2D eigenvalue weighted by Crippen LogP contribution is 2.27. The Morgan fingerprint density at radius 2 is 1.96 bits per heavy atom. The molecule has 0 atom stereocenters. The van der Waals surface area contributed by atoms with Gasteiger partial charge in [-0.15, -0.1) is 0 Å². The second-order valence-corrected chi connectivity index (χ2v) is 5.42. The fourth-order valence-corrected chi connectivity index (χ4v) is 2.40. The topological polar surface area (TPSA) is 95.9 Å². The maximum Gasteiger partial charge on any atom is 0.339 e. The smallest absolute Gasteiger partial charge is 0.339 e. The van der Waals surface area contributed by atoms with Gasteiger partial charge in [0.15, 0.2) is 0 Å².